The quantitative estimate of drug-likeness (QED) is 0.865. The maximum absolute atomic E-state index is 10.5. The van der Waals surface area contributed by atoms with Gasteiger partial charge in [0, 0.05) is 37.8 Å². The predicted molar refractivity (Wildman–Crippen MR) is 79.2 cm³/mol. The highest BCUT2D eigenvalue weighted by Gasteiger charge is 2.38. The number of nitrogens with one attached hydrogen (secondary N) is 1. The van der Waals surface area contributed by atoms with E-state index in [0.29, 0.717) is 30.1 Å². The van der Waals surface area contributed by atoms with Crippen LogP contribution in [0.1, 0.15) is 31.4 Å². The van der Waals surface area contributed by atoms with Crippen molar-refractivity contribution in [2.75, 3.05) is 32.8 Å². The highest BCUT2D eigenvalue weighted by Crippen LogP contribution is 2.48. The molecule has 1 aromatic carbocycles. The highest BCUT2D eigenvalue weighted by molar-refractivity contribution is 5.47. The summed E-state index contributed by atoms with van der Waals surface area (Å²) in [5.74, 6) is 1.64. The minimum Gasteiger partial charge on any atom is -0.504 e. The van der Waals surface area contributed by atoms with Crippen LogP contribution in [0.25, 0.3) is 0 Å². The van der Waals surface area contributed by atoms with E-state index in [-0.39, 0.29) is 0 Å². The second-order valence-electron chi connectivity index (χ2n) is 5.70. The molecular formula is C16H24N2O2. The topological polar surface area (TPSA) is 44.7 Å². The summed E-state index contributed by atoms with van der Waals surface area (Å²) in [6.07, 6.45) is 2.54. The van der Waals surface area contributed by atoms with Gasteiger partial charge in [-0.25, -0.2) is 0 Å². The van der Waals surface area contributed by atoms with Crippen LogP contribution < -0.4 is 10.1 Å². The lowest BCUT2D eigenvalue weighted by molar-refractivity contribution is 0.153. The Morgan fingerprint density at radius 1 is 1.35 bits per heavy atom. The van der Waals surface area contributed by atoms with Gasteiger partial charge >= 0.3 is 0 Å². The third-order valence-corrected chi connectivity index (χ3v) is 4.26. The van der Waals surface area contributed by atoms with Crippen molar-refractivity contribution >= 4 is 0 Å². The number of hydrogen-bond donors (Lipinski definition) is 2. The fraction of sp³-hybridized carbons (Fsp3) is 0.625. The summed E-state index contributed by atoms with van der Waals surface area (Å²) in [5.41, 5.74) is 1.04. The number of rotatable bonds is 5. The number of ether oxygens (including phenoxy) is 1. The molecule has 1 saturated heterocycles. The molecule has 2 N–H and O–H groups in total. The van der Waals surface area contributed by atoms with E-state index in [4.69, 9.17) is 4.74 Å². The molecule has 110 valence electrons. The van der Waals surface area contributed by atoms with Gasteiger partial charge in [0.05, 0.1) is 6.61 Å². The normalized spacial score (nSPS) is 21.6. The first kappa shape index (κ1) is 13.7. The van der Waals surface area contributed by atoms with Crippen LogP contribution in [-0.4, -0.2) is 42.8 Å². The van der Waals surface area contributed by atoms with Crippen LogP contribution in [0.15, 0.2) is 18.2 Å². The first-order valence-electron chi connectivity index (χ1n) is 7.70. The van der Waals surface area contributed by atoms with E-state index in [9.17, 15) is 5.11 Å². The van der Waals surface area contributed by atoms with E-state index in [1.807, 2.05) is 19.1 Å². The fourth-order valence-corrected chi connectivity index (χ4v) is 3.17. The summed E-state index contributed by atoms with van der Waals surface area (Å²) >= 11 is 0. The molecule has 1 saturated carbocycles. The standard InChI is InChI=1S/C16H24N2O2/c1-2-20-14-5-3-4-13(16(14)19)15(12-6-7-12)18-10-8-17-9-11-18/h3-5,12,15,17,19H,2,6-11H2,1H3/t15-/m1/s1. The van der Waals surface area contributed by atoms with Gasteiger partial charge < -0.3 is 15.2 Å². The second-order valence-corrected chi connectivity index (χ2v) is 5.70. The Balaban J connectivity index is 1.88. The Hall–Kier alpha value is -1.26. The summed E-state index contributed by atoms with van der Waals surface area (Å²) in [5, 5.41) is 13.9. The van der Waals surface area contributed by atoms with Crippen LogP contribution in [-0.2, 0) is 0 Å². The van der Waals surface area contributed by atoms with Crippen LogP contribution in [0.5, 0.6) is 11.5 Å². The van der Waals surface area contributed by atoms with E-state index in [1.54, 1.807) is 0 Å². The zero-order valence-electron chi connectivity index (χ0n) is 12.1. The van der Waals surface area contributed by atoms with Gasteiger partial charge in [-0.3, -0.25) is 4.90 Å². The van der Waals surface area contributed by atoms with Gasteiger partial charge in [0.15, 0.2) is 11.5 Å². The summed E-state index contributed by atoms with van der Waals surface area (Å²) in [4.78, 5) is 2.51. The van der Waals surface area contributed by atoms with Crippen LogP contribution >= 0.6 is 0 Å². The lowest BCUT2D eigenvalue weighted by atomic mass is 9.98. The van der Waals surface area contributed by atoms with Crippen LogP contribution in [0.4, 0.5) is 0 Å². The molecule has 1 aliphatic carbocycles. The number of nitrogens with zero attached hydrogens (tertiary/aromatic N) is 1. The lowest BCUT2D eigenvalue weighted by Gasteiger charge is -2.35. The molecule has 1 aliphatic heterocycles. The van der Waals surface area contributed by atoms with Gasteiger partial charge in [-0.05, 0) is 31.7 Å². The molecule has 0 aromatic heterocycles. The van der Waals surface area contributed by atoms with E-state index in [2.05, 4.69) is 16.3 Å². The molecule has 0 bridgehead atoms. The third kappa shape index (κ3) is 2.76. The van der Waals surface area contributed by atoms with E-state index in [1.165, 1.54) is 12.8 Å². The Labute approximate surface area is 120 Å². The zero-order chi connectivity index (χ0) is 13.9. The molecule has 4 nitrogen and oxygen atoms in total. The molecule has 4 heteroatoms. The molecular weight excluding hydrogens is 252 g/mol. The van der Waals surface area contributed by atoms with Gasteiger partial charge in [0.2, 0.25) is 0 Å². The predicted octanol–water partition coefficient (Wildman–Crippen LogP) is 2.15. The second kappa shape index (κ2) is 6.02. The van der Waals surface area contributed by atoms with E-state index >= 15 is 0 Å². The minimum atomic E-state index is 0.338. The molecule has 1 heterocycles. The Morgan fingerprint density at radius 2 is 2.10 bits per heavy atom. The molecule has 20 heavy (non-hydrogen) atoms. The summed E-state index contributed by atoms with van der Waals surface area (Å²) in [6, 6.07) is 6.25. The molecule has 0 amide bonds. The number of para-hydroxylation sites is 1. The fourth-order valence-electron chi connectivity index (χ4n) is 3.17. The summed E-state index contributed by atoms with van der Waals surface area (Å²) in [7, 11) is 0. The monoisotopic (exact) mass is 276 g/mol. The third-order valence-electron chi connectivity index (χ3n) is 4.26. The number of benzene rings is 1. The maximum Gasteiger partial charge on any atom is 0.162 e. The van der Waals surface area contributed by atoms with Crippen molar-refractivity contribution in [3.63, 3.8) is 0 Å². The van der Waals surface area contributed by atoms with Crippen molar-refractivity contribution in [1.29, 1.82) is 0 Å². The number of aromatic hydroxyl groups is 1. The van der Waals surface area contributed by atoms with Crippen LogP contribution in [0.3, 0.4) is 0 Å². The number of hydrogen-bond acceptors (Lipinski definition) is 4. The molecule has 3 rings (SSSR count). The van der Waals surface area contributed by atoms with Crippen LogP contribution in [0.2, 0.25) is 0 Å². The maximum atomic E-state index is 10.5. The van der Waals surface area contributed by atoms with Crippen LogP contribution in [0, 0.1) is 5.92 Å². The first-order valence-corrected chi connectivity index (χ1v) is 7.70. The van der Waals surface area contributed by atoms with Crippen molar-refractivity contribution < 1.29 is 9.84 Å². The summed E-state index contributed by atoms with van der Waals surface area (Å²) in [6.45, 7) is 6.71. The van der Waals surface area contributed by atoms with Crippen molar-refractivity contribution in [1.82, 2.24) is 10.2 Å². The van der Waals surface area contributed by atoms with Crippen molar-refractivity contribution in [3.05, 3.63) is 23.8 Å². The Morgan fingerprint density at radius 3 is 2.75 bits per heavy atom. The summed E-state index contributed by atoms with van der Waals surface area (Å²) < 4.78 is 5.53. The molecule has 1 atom stereocenters. The number of phenols is 1. The van der Waals surface area contributed by atoms with E-state index < -0.39 is 0 Å². The van der Waals surface area contributed by atoms with Gasteiger partial charge in [-0.15, -0.1) is 0 Å². The number of phenolic OH excluding ortho intramolecular Hbond substituents is 1. The van der Waals surface area contributed by atoms with E-state index in [0.717, 1.165) is 31.7 Å². The minimum absolute atomic E-state index is 0.338. The average Bonchev–Trinajstić information content (AvgIpc) is 3.29. The van der Waals surface area contributed by atoms with Gasteiger partial charge in [-0.2, -0.15) is 0 Å². The molecule has 2 aliphatic rings. The molecule has 0 spiro atoms. The Bertz CT molecular complexity index is 454. The van der Waals surface area contributed by atoms with Crippen molar-refractivity contribution in [3.8, 4) is 11.5 Å². The molecule has 1 aromatic rings. The number of piperazine rings is 1. The highest BCUT2D eigenvalue weighted by atomic mass is 16.5. The molecule has 0 unspecified atom stereocenters. The first-order chi connectivity index (χ1) is 9.81. The van der Waals surface area contributed by atoms with Gasteiger partial charge in [0.25, 0.3) is 0 Å². The zero-order valence-corrected chi connectivity index (χ0v) is 12.1. The van der Waals surface area contributed by atoms with Gasteiger partial charge in [0.1, 0.15) is 0 Å². The van der Waals surface area contributed by atoms with Crippen molar-refractivity contribution in [2.24, 2.45) is 5.92 Å². The SMILES string of the molecule is CCOc1cccc([C@@H](C2CC2)N2CCNCC2)c1O. The molecule has 2 fully saturated rings. The average molecular weight is 276 g/mol. The smallest absolute Gasteiger partial charge is 0.162 e. The largest absolute Gasteiger partial charge is 0.504 e. The molecule has 0 radical (unpaired) electrons. The van der Waals surface area contributed by atoms with Crippen molar-refractivity contribution in [2.45, 2.75) is 25.8 Å². The van der Waals surface area contributed by atoms with Gasteiger partial charge in [-0.1, -0.05) is 12.1 Å². The lowest BCUT2D eigenvalue weighted by Crippen LogP contribution is -2.45. The Kier molecular flexibility index (Phi) is 4.13.